The minimum atomic E-state index is -0.295. The number of hydrogen-bond donors (Lipinski definition) is 0. The van der Waals surface area contributed by atoms with Gasteiger partial charge >= 0.3 is 0 Å². The highest BCUT2D eigenvalue weighted by Crippen LogP contribution is 2.46. The summed E-state index contributed by atoms with van der Waals surface area (Å²) >= 11 is 0. The lowest BCUT2D eigenvalue weighted by Crippen LogP contribution is -2.24. The van der Waals surface area contributed by atoms with Crippen molar-refractivity contribution in [3.05, 3.63) is 52.8 Å². The van der Waals surface area contributed by atoms with E-state index in [0.29, 0.717) is 31.2 Å². The molecule has 0 bridgehead atoms. The zero-order valence-electron chi connectivity index (χ0n) is 15.9. The monoisotopic (exact) mass is 385 g/mol. The first kappa shape index (κ1) is 18.6. The van der Waals surface area contributed by atoms with E-state index in [1.807, 2.05) is 12.1 Å². The number of ether oxygens (including phenoxy) is 3. The van der Waals surface area contributed by atoms with Gasteiger partial charge in [0.15, 0.2) is 11.5 Å². The number of halogens is 1. The van der Waals surface area contributed by atoms with Crippen LogP contribution in [-0.2, 0) is 11.3 Å². The van der Waals surface area contributed by atoms with Gasteiger partial charge in [-0.25, -0.2) is 4.39 Å². The molecule has 2 heterocycles. The molecule has 28 heavy (non-hydrogen) atoms. The van der Waals surface area contributed by atoms with E-state index in [-0.39, 0.29) is 18.5 Å². The van der Waals surface area contributed by atoms with Crippen LogP contribution in [0, 0.1) is 5.82 Å². The maximum Gasteiger partial charge on any atom is 0.231 e. The molecule has 2 aliphatic rings. The molecule has 5 nitrogen and oxygen atoms in total. The molecule has 0 aromatic heterocycles. The Balaban J connectivity index is 1.62. The Hall–Kier alpha value is -2.76. The van der Waals surface area contributed by atoms with Crippen LogP contribution >= 0.6 is 0 Å². The van der Waals surface area contributed by atoms with Crippen LogP contribution in [0.3, 0.4) is 0 Å². The maximum absolute atomic E-state index is 14.1. The van der Waals surface area contributed by atoms with E-state index >= 15 is 0 Å². The van der Waals surface area contributed by atoms with Crippen LogP contribution in [0.1, 0.15) is 48.8 Å². The molecule has 2 aromatic carbocycles. The van der Waals surface area contributed by atoms with Crippen LogP contribution in [0.4, 0.5) is 4.39 Å². The number of carbonyl (C=O) groups excluding carboxylic acids is 1. The van der Waals surface area contributed by atoms with Crippen LogP contribution in [0.2, 0.25) is 0 Å². The number of fused-ring (bicyclic) bond motifs is 2. The molecule has 1 atom stereocenters. The van der Waals surface area contributed by atoms with Crippen molar-refractivity contribution < 1.29 is 23.4 Å². The molecule has 0 spiro atoms. The summed E-state index contributed by atoms with van der Waals surface area (Å²) in [4.78, 5) is 13.3. The Labute approximate surface area is 164 Å². The average molecular weight is 385 g/mol. The zero-order valence-corrected chi connectivity index (χ0v) is 15.9. The lowest BCUT2D eigenvalue weighted by Gasteiger charge is -2.21. The summed E-state index contributed by atoms with van der Waals surface area (Å²) in [5.74, 6) is 1.68. The molecule has 1 unspecified atom stereocenters. The first-order valence-electron chi connectivity index (χ1n) is 9.73. The first-order chi connectivity index (χ1) is 13.7. The second-order valence-electron chi connectivity index (χ2n) is 7.23. The molecule has 0 radical (unpaired) electrons. The lowest BCUT2D eigenvalue weighted by atomic mass is 9.89. The Morgan fingerprint density at radius 2 is 1.89 bits per heavy atom. The second kappa shape index (κ2) is 8.09. The van der Waals surface area contributed by atoms with Crippen LogP contribution in [0.15, 0.2) is 30.3 Å². The fraction of sp³-hybridized carbons (Fsp3) is 0.409. The maximum atomic E-state index is 14.1. The Morgan fingerprint density at radius 1 is 1.07 bits per heavy atom. The van der Waals surface area contributed by atoms with Gasteiger partial charge in [-0.3, -0.25) is 4.79 Å². The largest absolute Gasteiger partial charge is 0.492 e. The van der Waals surface area contributed by atoms with Crippen molar-refractivity contribution in [2.45, 2.75) is 38.6 Å². The molecule has 6 heteroatoms. The number of unbranched alkanes of at least 4 members (excludes halogenated alkanes) is 2. The van der Waals surface area contributed by atoms with E-state index < -0.39 is 0 Å². The third-order valence-corrected chi connectivity index (χ3v) is 5.34. The second-order valence-corrected chi connectivity index (χ2v) is 7.23. The third kappa shape index (κ3) is 3.63. The summed E-state index contributed by atoms with van der Waals surface area (Å²) < 4.78 is 30.9. The standard InChI is InChI=1S/C22H24FNO4/c1-2-3-4-7-24(13-25)11-15-5-6-16(23)8-17(15)19-12-26-20-10-22-21(9-18(19)20)27-14-28-22/h5-6,8-10,13,19H,2-4,7,11-12,14H2,1H3. The van der Waals surface area contributed by atoms with E-state index in [1.54, 1.807) is 17.0 Å². The van der Waals surface area contributed by atoms with Gasteiger partial charge in [-0.2, -0.15) is 0 Å². The van der Waals surface area contributed by atoms with Gasteiger partial charge in [-0.1, -0.05) is 25.8 Å². The molecule has 0 N–H and O–H groups in total. The smallest absolute Gasteiger partial charge is 0.231 e. The zero-order chi connectivity index (χ0) is 19.5. The normalized spacial score (nSPS) is 16.6. The van der Waals surface area contributed by atoms with Gasteiger partial charge in [-0.05, 0) is 35.7 Å². The summed E-state index contributed by atoms with van der Waals surface area (Å²) in [6, 6.07) is 8.52. The molecule has 0 fully saturated rings. The topological polar surface area (TPSA) is 48.0 Å². The number of hydrogen-bond acceptors (Lipinski definition) is 4. The van der Waals surface area contributed by atoms with Crippen molar-refractivity contribution >= 4 is 6.41 Å². The van der Waals surface area contributed by atoms with Gasteiger partial charge < -0.3 is 19.1 Å². The first-order valence-corrected chi connectivity index (χ1v) is 9.73. The number of carbonyl (C=O) groups is 1. The van der Waals surface area contributed by atoms with Crippen molar-refractivity contribution in [1.29, 1.82) is 0 Å². The van der Waals surface area contributed by atoms with Crippen LogP contribution < -0.4 is 14.2 Å². The molecule has 2 aromatic rings. The molecule has 148 valence electrons. The van der Waals surface area contributed by atoms with E-state index in [1.165, 1.54) is 6.07 Å². The molecule has 1 amide bonds. The molecule has 0 saturated heterocycles. The van der Waals surface area contributed by atoms with E-state index in [2.05, 4.69) is 6.92 Å². The van der Waals surface area contributed by atoms with Crippen molar-refractivity contribution in [3.8, 4) is 17.2 Å². The molecule has 2 aliphatic heterocycles. The average Bonchev–Trinajstić information content (AvgIpc) is 3.32. The summed E-state index contributed by atoms with van der Waals surface area (Å²) in [7, 11) is 0. The Morgan fingerprint density at radius 3 is 2.68 bits per heavy atom. The molecule has 0 aliphatic carbocycles. The van der Waals surface area contributed by atoms with Crippen molar-refractivity contribution in [2.75, 3.05) is 19.9 Å². The minimum Gasteiger partial charge on any atom is -0.492 e. The highest BCUT2D eigenvalue weighted by atomic mass is 19.1. The quantitative estimate of drug-likeness (QED) is 0.504. The predicted octanol–water partition coefficient (Wildman–Crippen LogP) is 4.23. The highest BCUT2D eigenvalue weighted by molar-refractivity contribution is 5.57. The van der Waals surface area contributed by atoms with Gasteiger partial charge in [0.1, 0.15) is 11.6 Å². The Bertz CT molecular complexity index is 870. The van der Waals surface area contributed by atoms with Crippen LogP contribution in [0.25, 0.3) is 0 Å². The van der Waals surface area contributed by atoms with Crippen molar-refractivity contribution in [3.63, 3.8) is 0 Å². The van der Waals surface area contributed by atoms with Crippen molar-refractivity contribution in [1.82, 2.24) is 4.90 Å². The molecule has 0 saturated carbocycles. The van der Waals surface area contributed by atoms with Gasteiger partial charge in [0.2, 0.25) is 13.2 Å². The van der Waals surface area contributed by atoms with Crippen LogP contribution in [0.5, 0.6) is 17.2 Å². The number of nitrogens with zero attached hydrogens (tertiary/aromatic N) is 1. The van der Waals surface area contributed by atoms with E-state index in [9.17, 15) is 9.18 Å². The molecular formula is C22H24FNO4. The predicted molar refractivity (Wildman–Crippen MR) is 102 cm³/mol. The Kier molecular flexibility index (Phi) is 5.37. The summed E-state index contributed by atoms with van der Waals surface area (Å²) in [5, 5.41) is 0. The van der Waals surface area contributed by atoms with Gasteiger partial charge in [-0.15, -0.1) is 0 Å². The number of benzene rings is 2. The lowest BCUT2D eigenvalue weighted by molar-refractivity contribution is -0.118. The fourth-order valence-corrected chi connectivity index (χ4v) is 3.84. The molecular weight excluding hydrogens is 361 g/mol. The number of amides is 1. The number of rotatable bonds is 8. The van der Waals surface area contributed by atoms with Crippen LogP contribution in [-0.4, -0.2) is 31.3 Å². The summed E-state index contributed by atoms with van der Waals surface area (Å²) in [6.45, 7) is 3.90. The van der Waals surface area contributed by atoms with Gasteiger partial charge in [0.05, 0.1) is 6.61 Å². The minimum absolute atomic E-state index is 0.112. The summed E-state index contributed by atoms with van der Waals surface area (Å²) in [6.07, 6.45) is 4.02. The molecule has 4 rings (SSSR count). The van der Waals surface area contributed by atoms with E-state index in [0.717, 1.165) is 48.1 Å². The van der Waals surface area contributed by atoms with Gasteiger partial charge in [0, 0.05) is 30.6 Å². The third-order valence-electron chi connectivity index (χ3n) is 5.34. The van der Waals surface area contributed by atoms with Crippen molar-refractivity contribution in [2.24, 2.45) is 0 Å². The fourth-order valence-electron chi connectivity index (χ4n) is 3.84. The van der Waals surface area contributed by atoms with Gasteiger partial charge in [0.25, 0.3) is 0 Å². The highest BCUT2D eigenvalue weighted by Gasteiger charge is 2.31. The SMILES string of the molecule is CCCCCN(C=O)Cc1ccc(F)cc1C1COc2cc3c(cc21)OCO3. The van der Waals surface area contributed by atoms with E-state index in [4.69, 9.17) is 14.2 Å². The summed E-state index contributed by atoms with van der Waals surface area (Å²) in [5.41, 5.74) is 2.74.